The minimum atomic E-state index is -0.457. The molecule has 21 heavy (non-hydrogen) atoms. The summed E-state index contributed by atoms with van der Waals surface area (Å²) in [5, 5.41) is 2.52. The number of hydrogen-bond acceptors (Lipinski definition) is 3. The van der Waals surface area contributed by atoms with Gasteiger partial charge in [0.05, 0.1) is 11.4 Å². The molecule has 1 N–H and O–H groups in total. The molecule has 0 unspecified atom stereocenters. The lowest BCUT2D eigenvalue weighted by atomic mass is 10.2. The van der Waals surface area contributed by atoms with E-state index in [1.54, 1.807) is 36.4 Å². The van der Waals surface area contributed by atoms with Crippen LogP contribution in [0.15, 0.2) is 53.4 Å². The normalized spacial score (nSPS) is 10.2. The Bertz CT molecular complexity index is 656. The molecule has 0 aliphatic heterocycles. The molecule has 2 rings (SSSR count). The molecule has 5 heteroatoms. The fourth-order valence-electron chi connectivity index (χ4n) is 1.68. The molecule has 0 atom stereocenters. The summed E-state index contributed by atoms with van der Waals surface area (Å²) >= 11 is 1.33. The standard InChI is InChI=1S/C16H14FNO2S/c1-11(19)12-6-8-13(9-7-12)21-10-16(20)18-15-5-3-2-4-14(15)17/h2-9H,10H2,1H3,(H,18,20). The second-order valence-electron chi connectivity index (χ2n) is 4.40. The van der Waals surface area contributed by atoms with Gasteiger partial charge in [-0.1, -0.05) is 24.3 Å². The van der Waals surface area contributed by atoms with Crippen LogP contribution >= 0.6 is 11.8 Å². The van der Waals surface area contributed by atoms with Crippen molar-refractivity contribution in [2.45, 2.75) is 11.8 Å². The molecule has 3 nitrogen and oxygen atoms in total. The van der Waals surface area contributed by atoms with Crippen LogP contribution < -0.4 is 5.32 Å². The molecule has 0 bridgehead atoms. The largest absolute Gasteiger partial charge is 0.323 e. The van der Waals surface area contributed by atoms with Gasteiger partial charge in [0.25, 0.3) is 0 Å². The van der Waals surface area contributed by atoms with Crippen molar-refractivity contribution < 1.29 is 14.0 Å². The Kier molecular flexibility index (Phi) is 5.11. The molecule has 2 aromatic carbocycles. The average molecular weight is 303 g/mol. The van der Waals surface area contributed by atoms with Crippen LogP contribution in [0.5, 0.6) is 0 Å². The summed E-state index contributed by atoms with van der Waals surface area (Å²) in [6.07, 6.45) is 0. The van der Waals surface area contributed by atoms with Gasteiger partial charge in [0, 0.05) is 10.5 Å². The third-order valence-corrected chi connectivity index (χ3v) is 3.79. The lowest BCUT2D eigenvalue weighted by molar-refractivity contribution is -0.113. The first-order valence-corrected chi connectivity index (χ1v) is 7.33. The lowest BCUT2D eigenvalue weighted by Gasteiger charge is -2.06. The van der Waals surface area contributed by atoms with Crippen molar-refractivity contribution in [1.82, 2.24) is 0 Å². The molecule has 2 aromatic rings. The van der Waals surface area contributed by atoms with Gasteiger partial charge in [-0.25, -0.2) is 4.39 Å². The summed E-state index contributed by atoms with van der Waals surface area (Å²) in [6.45, 7) is 1.50. The van der Waals surface area contributed by atoms with Crippen molar-refractivity contribution >= 4 is 29.1 Å². The number of halogens is 1. The first-order chi connectivity index (χ1) is 10.1. The summed E-state index contributed by atoms with van der Waals surface area (Å²) < 4.78 is 13.4. The summed E-state index contributed by atoms with van der Waals surface area (Å²) in [5.74, 6) is -0.556. The van der Waals surface area contributed by atoms with Gasteiger partial charge in [-0.3, -0.25) is 9.59 Å². The van der Waals surface area contributed by atoms with Gasteiger partial charge in [-0.05, 0) is 31.2 Å². The number of anilines is 1. The van der Waals surface area contributed by atoms with Crippen LogP contribution in [0.3, 0.4) is 0 Å². The first-order valence-electron chi connectivity index (χ1n) is 6.34. The maximum Gasteiger partial charge on any atom is 0.234 e. The molecule has 0 saturated carbocycles. The fraction of sp³-hybridized carbons (Fsp3) is 0.125. The second-order valence-corrected chi connectivity index (χ2v) is 5.45. The van der Waals surface area contributed by atoms with Crippen molar-refractivity contribution in [3.63, 3.8) is 0 Å². The highest BCUT2D eigenvalue weighted by molar-refractivity contribution is 8.00. The topological polar surface area (TPSA) is 46.2 Å². The van der Waals surface area contributed by atoms with Gasteiger partial charge in [-0.2, -0.15) is 0 Å². The van der Waals surface area contributed by atoms with E-state index in [-0.39, 0.29) is 23.1 Å². The summed E-state index contributed by atoms with van der Waals surface area (Å²) in [4.78, 5) is 23.8. The highest BCUT2D eigenvalue weighted by Crippen LogP contribution is 2.19. The van der Waals surface area contributed by atoms with Crippen molar-refractivity contribution in [1.29, 1.82) is 0 Å². The number of nitrogens with one attached hydrogen (secondary N) is 1. The zero-order valence-corrected chi connectivity index (χ0v) is 12.2. The Balaban J connectivity index is 1.89. The highest BCUT2D eigenvalue weighted by atomic mass is 32.2. The van der Waals surface area contributed by atoms with Crippen LogP contribution in [0, 0.1) is 5.82 Å². The smallest absolute Gasteiger partial charge is 0.234 e. The van der Waals surface area contributed by atoms with Gasteiger partial charge in [0.2, 0.25) is 5.91 Å². The number of rotatable bonds is 5. The summed E-state index contributed by atoms with van der Waals surface area (Å²) in [5.41, 5.74) is 0.810. The number of Topliss-reactive ketones (excluding diaryl/α,β-unsaturated/α-hetero) is 1. The SMILES string of the molecule is CC(=O)c1ccc(SCC(=O)Nc2ccccc2F)cc1. The third-order valence-electron chi connectivity index (χ3n) is 2.78. The van der Waals surface area contributed by atoms with Crippen LogP contribution in [0.1, 0.15) is 17.3 Å². The Labute approximate surface area is 126 Å². The number of carbonyl (C=O) groups excluding carboxylic acids is 2. The van der Waals surface area contributed by atoms with E-state index in [1.165, 1.54) is 30.8 Å². The van der Waals surface area contributed by atoms with Crippen molar-refractivity contribution in [3.05, 3.63) is 59.9 Å². The van der Waals surface area contributed by atoms with Crippen LogP contribution in [-0.4, -0.2) is 17.4 Å². The molecule has 0 aliphatic rings. The maximum atomic E-state index is 13.4. The molecular formula is C16H14FNO2S. The van der Waals surface area contributed by atoms with Crippen LogP contribution in [0.4, 0.5) is 10.1 Å². The van der Waals surface area contributed by atoms with E-state index in [0.29, 0.717) is 5.56 Å². The zero-order chi connectivity index (χ0) is 15.2. The van der Waals surface area contributed by atoms with Gasteiger partial charge in [0.1, 0.15) is 5.82 Å². The van der Waals surface area contributed by atoms with E-state index in [2.05, 4.69) is 5.32 Å². The molecular weight excluding hydrogens is 289 g/mol. The van der Waals surface area contributed by atoms with Crippen molar-refractivity contribution in [2.75, 3.05) is 11.1 Å². The van der Waals surface area contributed by atoms with Crippen molar-refractivity contribution in [2.24, 2.45) is 0 Å². The number of carbonyl (C=O) groups is 2. The van der Waals surface area contributed by atoms with Crippen LogP contribution in [0.25, 0.3) is 0 Å². The predicted octanol–water partition coefficient (Wildman–Crippen LogP) is 3.76. The Morgan fingerprint density at radius 2 is 1.76 bits per heavy atom. The third kappa shape index (κ3) is 4.43. The van der Waals surface area contributed by atoms with Crippen LogP contribution in [0.2, 0.25) is 0 Å². The Morgan fingerprint density at radius 1 is 1.10 bits per heavy atom. The number of benzene rings is 2. The van der Waals surface area contributed by atoms with E-state index < -0.39 is 5.82 Å². The lowest BCUT2D eigenvalue weighted by Crippen LogP contribution is -2.14. The Hall–Kier alpha value is -2.14. The fourth-order valence-corrected chi connectivity index (χ4v) is 2.38. The van der Waals surface area contributed by atoms with Gasteiger partial charge < -0.3 is 5.32 Å². The highest BCUT2D eigenvalue weighted by Gasteiger charge is 2.07. The van der Waals surface area contributed by atoms with E-state index in [4.69, 9.17) is 0 Å². The molecule has 0 aliphatic carbocycles. The minimum Gasteiger partial charge on any atom is -0.323 e. The number of hydrogen-bond donors (Lipinski definition) is 1. The van der Waals surface area contributed by atoms with E-state index in [0.717, 1.165) is 4.90 Å². The van der Waals surface area contributed by atoms with E-state index in [1.807, 2.05) is 0 Å². The summed E-state index contributed by atoms with van der Waals surface area (Å²) in [6, 6.07) is 13.1. The number of amides is 1. The second kappa shape index (κ2) is 7.04. The number of ketones is 1. The molecule has 0 aromatic heterocycles. The number of para-hydroxylation sites is 1. The monoisotopic (exact) mass is 303 g/mol. The Morgan fingerprint density at radius 3 is 2.38 bits per heavy atom. The number of thioether (sulfide) groups is 1. The van der Waals surface area contributed by atoms with E-state index in [9.17, 15) is 14.0 Å². The van der Waals surface area contributed by atoms with Crippen LogP contribution in [-0.2, 0) is 4.79 Å². The van der Waals surface area contributed by atoms with Gasteiger partial charge in [0.15, 0.2) is 5.78 Å². The molecule has 108 valence electrons. The molecule has 0 radical (unpaired) electrons. The molecule has 1 amide bonds. The maximum absolute atomic E-state index is 13.4. The zero-order valence-electron chi connectivity index (χ0n) is 11.4. The molecule has 0 heterocycles. The average Bonchev–Trinajstić information content (AvgIpc) is 2.48. The minimum absolute atomic E-state index is 0.00356. The molecule has 0 fully saturated rings. The molecule has 0 spiro atoms. The summed E-state index contributed by atoms with van der Waals surface area (Å²) in [7, 11) is 0. The van der Waals surface area contributed by atoms with Crippen molar-refractivity contribution in [3.8, 4) is 0 Å². The van der Waals surface area contributed by atoms with Gasteiger partial charge >= 0.3 is 0 Å². The molecule has 0 saturated heterocycles. The predicted molar refractivity (Wildman–Crippen MR) is 82.2 cm³/mol. The van der Waals surface area contributed by atoms with E-state index >= 15 is 0 Å². The quantitative estimate of drug-likeness (QED) is 0.676. The van der Waals surface area contributed by atoms with Gasteiger partial charge in [-0.15, -0.1) is 11.8 Å². The first kappa shape index (κ1) is 15.3.